The van der Waals surface area contributed by atoms with Crippen LogP contribution in [0.2, 0.25) is 0 Å². The molecule has 0 aromatic heterocycles. The number of hydrogen-bond acceptors (Lipinski definition) is 6. The Labute approximate surface area is 212 Å². The average molecular weight is 487 g/mol. The number of ketones is 1. The van der Waals surface area contributed by atoms with Gasteiger partial charge in [0.25, 0.3) is 5.91 Å². The molecule has 2 heterocycles. The van der Waals surface area contributed by atoms with Crippen LogP contribution in [0, 0.1) is 0 Å². The van der Waals surface area contributed by atoms with E-state index in [1.165, 1.54) is 22.3 Å². The van der Waals surface area contributed by atoms with Crippen LogP contribution in [0.25, 0.3) is 0 Å². The van der Waals surface area contributed by atoms with Crippen LogP contribution in [0.3, 0.4) is 0 Å². The second-order valence-corrected chi connectivity index (χ2v) is 10.1. The minimum Gasteiger partial charge on any atom is -0.503 e. The standard InChI is InChI=1S/C29H34N4O3/c1-5-25(34)28(35)27-29(36)32(22-16-31(17-22)19(2)3)18-33(30(27)4)26-23-12-8-6-10-20(23)14-15-21-11-7-9-13-24(21)26/h5-13,19,22,26,35H,1,14-18H2,2-4H3/b28-27+. The van der Waals surface area contributed by atoms with E-state index in [1.807, 2.05) is 4.90 Å². The molecule has 36 heavy (non-hydrogen) atoms. The lowest BCUT2D eigenvalue weighted by molar-refractivity contribution is -0.163. The second-order valence-electron chi connectivity index (χ2n) is 10.1. The monoisotopic (exact) mass is 486 g/mol. The van der Waals surface area contributed by atoms with Gasteiger partial charge in [0.05, 0.1) is 18.8 Å². The van der Waals surface area contributed by atoms with E-state index in [1.54, 1.807) is 12.1 Å². The summed E-state index contributed by atoms with van der Waals surface area (Å²) in [5, 5.41) is 14.7. The fraction of sp³-hybridized carbons (Fsp3) is 0.379. The smallest absolute Gasteiger partial charge is 0.276 e. The number of carbonyl (C=O) groups is 2. The number of likely N-dealkylation sites (N-methyl/N-ethyl adjacent to an activating group) is 1. The predicted molar refractivity (Wildman–Crippen MR) is 139 cm³/mol. The SMILES string of the molecule is C=CC(=O)/C(O)=C1/C(=O)N(C2CN(C(C)C)C2)CN(C2c3ccccc3CCc3ccccc32)N1C. The number of amides is 1. The highest BCUT2D eigenvalue weighted by atomic mass is 16.3. The number of rotatable bonds is 5. The van der Waals surface area contributed by atoms with Crippen LogP contribution in [0.1, 0.15) is 42.1 Å². The Balaban J connectivity index is 1.64. The van der Waals surface area contributed by atoms with Crippen molar-refractivity contribution in [1.82, 2.24) is 19.8 Å². The quantitative estimate of drug-likeness (QED) is 0.516. The molecule has 0 saturated carbocycles. The van der Waals surface area contributed by atoms with Gasteiger partial charge in [0, 0.05) is 26.2 Å². The molecule has 2 saturated heterocycles. The number of hydrogen-bond donors (Lipinski definition) is 1. The van der Waals surface area contributed by atoms with Crippen LogP contribution in [0.5, 0.6) is 0 Å². The highest BCUT2D eigenvalue weighted by molar-refractivity contribution is 6.08. The van der Waals surface area contributed by atoms with E-state index in [-0.39, 0.29) is 23.7 Å². The van der Waals surface area contributed by atoms with Gasteiger partial charge in [0.2, 0.25) is 5.78 Å². The minimum absolute atomic E-state index is 0.00615. The fourth-order valence-electron chi connectivity index (χ4n) is 5.64. The summed E-state index contributed by atoms with van der Waals surface area (Å²) in [6.07, 6.45) is 2.91. The largest absolute Gasteiger partial charge is 0.503 e. The van der Waals surface area contributed by atoms with Crippen LogP contribution < -0.4 is 0 Å². The molecule has 0 spiro atoms. The molecule has 2 fully saturated rings. The number of fused-ring (bicyclic) bond motifs is 2. The Morgan fingerprint density at radius 1 is 1.03 bits per heavy atom. The maximum Gasteiger partial charge on any atom is 0.276 e. The molecule has 188 valence electrons. The van der Waals surface area contributed by atoms with E-state index < -0.39 is 11.5 Å². The van der Waals surface area contributed by atoms with Crippen LogP contribution in [-0.4, -0.2) is 75.5 Å². The number of nitrogens with zero attached hydrogens (tertiary/aromatic N) is 4. The normalized spacial score (nSPS) is 21.1. The number of benzene rings is 2. The van der Waals surface area contributed by atoms with Crippen LogP contribution >= 0.6 is 0 Å². The van der Waals surface area contributed by atoms with Gasteiger partial charge in [-0.2, -0.15) is 5.01 Å². The van der Waals surface area contributed by atoms with Crippen molar-refractivity contribution in [3.63, 3.8) is 0 Å². The van der Waals surface area contributed by atoms with Gasteiger partial charge in [-0.05, 0) is 55.0 Å². The van der Waals surface area contributed by atoms with Crippen LogP contribution in [-0.2, 0) is 22.4 Å². The summed E-state index contributed by atoms with van der Waals surface area (Å²) < 4.78 is 0. The number of likely N-dealkylation sites (tertiary alicyclic amines) is 1. The summed E-state index contributed by atoms with van der Waals surface area (Å²) in [5.41, 5.74) is 4.88. The summed E-state index contributed by atoms with van der Waals surface area (Å²) in [6, 6.07) is 17.1. The van der Waals surface area contributed by atoms with Gasteiger partial charge in [-0.1, -0.05) is 55.1 Å². The Morgan fingerprint density at radius 3 is 2.11 bits per heavy atom. The molecule has 2 aromatic rings. The van der Waals surface area contributed by atoms with Crippen molar-refractivity contribution in [2.24, 2.45) is 0 Å². The number of hydrazine groups is 1. The first-order valence-electron chi connectivity index (χ1n) is 12.6. The third-order valence-corrected chi connectivity index (χ3v) is 7.84. The Morgan fingerprint density at radius 2 is 1.58 bits per heavy atom. The van der Waals surface area contributed by atoms with Gasteiger partial charge >= 0.3 is 0 Å². The first kappa shape index (κ1) is 24.3. The highest BCUT2D eigenvalue weighted by Gasteiger charge is 2.46. The number of carbonyl (C=O) groups excluding carboxylic acids is 2. The molecule has 1 aliphatic carbocycles. The zero-order valence-corrected chi connectivity index (χ0v) is 21.2. The van der Waals surface area contributed by atoms with E-state index in [0.717, 1.165) is 32.0 Å². The van der Waals surface area contributed by atoms with Crippen molar-refractivity contribution in [2.45, 2.75) is 44.8 Å². The molecule has 2 aliphatic heterocycles. The number of aryl methyl sites for hydroxylation is 2. The Kier molecular flexibility index (Phi) is 6.45. The van der Waals surface area contributed by atoms with Crippen molar-refractivity contribution in [3.8, 4) is 0 Å². The molecule has 5 rings (SSSR count). The molecular weight excluding hydrogens is 452 g/mol. The Hall–Kier alpha value is -3.42. The van der Waals surface area contributed by atoms with Crippen LogP contribution in [0.15, 0.2) is 72.6 Å². The Bertz CT molecular complexity index is 1180. The fourth-order valence-corrected chi connectivity index (χ4v) is 5.64. The molecule has 1 N–H and O–H groups in total. The maximum atomic E-state index is 13.7. The van der Waals surface area contributed by atoms with E-state index in [2.05, 4.69) is 78.9 Å². The third kappa shape index (κ3) is 4.02. The molecule has 0 radical (unpaired) electrons. The lowest BCUT2D eigenvalue weighted by Gasteiger charge is -2.54. The molecular formula is C29H34N4O3. The van der Waals surface area contributed by atoms with Crippen molar-refractivity contribution in [1.29, 1.82) is 0 Å². The number of allylic oxidation sites excluding steroid dienone is 1. The molecule has 1 amide bonds. The van der Waals surface area contributed by atoms with Crippen LogP contribution in [0.4, 0.5) is 0 Å². The summed E-state index contributed by atoms with van der Waals surface area (Å²) in [6.45, 7) is 9.70. The summed E-state index contributed by atoms with van der Waals surface area (Å²) in [7, 11) is 1.76. The van der Waals surface area contributed by atoms with Gasteiger partial charge in [-0.15, -0.1) is 0 Å². The van der Waals surface area contributed by atoms with Gasteiger partial charge < -0.3 is 10.0 Å². The second kappa shape index (κ2) is 9.56. The molecule has 3 aliphatic rings. The lowest BCUT2D eigenvalue weighted by Crippen LogP contribution is -2.68. The van der Waals surface area contributed by atoms with Gasteiger partial charge in [0.15, 0.2) is 11.5 Å². The number of aliphatic hydroxyl groups excluding tert-OH is 1. The predicted octanol–water partition coefficient (Wildman–Crippen LogP) is 3.44. The summed E-state index contributed by atoms with van der Waals surface area (Å²) in [5.74, 6) is -1.56. The van der Waals surface area contributed by atoms with Gasteiger partial charge in [-0.3, -0.25) is 19.5 Å². The molecule has 0 atom stereocenters. The molecule has 2 aromatic carbocycles. The first-order chi connectivity index (χ1) is 17.3. The van der Waals surface area contributed by atoms with Crippen molar-refractivity contribution < 1.29 is 14.7 Å². The summed E-state index contributed by atoms with van der Waals surface area (Å²) in [4.78, 5) is 30.3. The lowest BCUT2D eigenvalue weighted by atomic mass is 9.93. The van der Waals surface area contributed by atoms with E-state index >= 15 is 0 Å². The molecule has 7 heteroatoms. The number of aliphatic hydroxyl groups is 1. The molecule has 7 nitrogen and oxygen atoms in total. The van der Waals surface area contributed by atoms with E-state index in [9.17, 15) is 14.7 Å². The molecule has 0 bridgehead atoms. The van der Waals surface area contributed by atoms with Gasteiger partial charge in [-0.25, -0.2) is 0 Å². The van der Waals surface area contributed by atoms with Crippen molar-refractivity contribution in [2.75, 3.05) is 26.8 Å². The van der Waals surface area contributed by atoms with E-state index in [4.69, 9.17) is 0 Å². The summed E-state index contributed by atoms with van der Waals surface area (Å²) >= 11 is 0. The molecule has 0 unspecified atom stereocenters. The highest BCUT2D eigenvalue weighted by Crippen LogP contribution is 2.40. The topological polar surface area (TPSA) is 67.3 Å². The van der Waals surface area contributed by atoms with Crippen molar-refractivity contribution in [3.05, 3.63) is 94.9 Å². The van der Waals surface area contributed by atoms with Crippen molar-refractivity contribution >= 4 is 11.7 Å². The zero-order chi connectivity index (χ0) is 25.6. The minimum atomic E-state index is -0.661. The third-order valence-electron chi connectivity index (χ3n) is 7.84. The average Bonchev–Trinajstić information content (AvgIpc) is 3.01. The zero-order valence-electron chi connectivity index (χ0n) is 21.2. The first-order valence-corrected chi connectivity index (χ1v) is 12.6. The van der Waals surface area contributed by atoms with E-state index in [0.29, 0.717) is 12.7 Å². The maximum absolute atomic E-state index is 13.7. The van der Waals surface area contributed by atoms with Gasteiger partial charge in [0.1, 0.15) is 0 Å².